The maximum Gasteiger partial charge on any atom is 0.229 e. The van der Waals surface area contributed by atoms with Crippen LogP contribution in [0, 0.1) is 0 Å². The summed E-state index contributed by atoms with van der Waals surface area (Å²) in [5, 5.41) is 2.72. The molecule has 0 unspecified atom stereocenters. The first kappa shape index (κ1) is 13.2. The van der Waals surface area contributed by atoms with Gasteiger partial charge >= 0.3 is 0 Å². The Hall–Kier alpha value is -1.50. The first-order valence-corrected chi connectivity index (χ1v) is 8.06. The molecule has 3 heterocycles. The molecule has 0 spiro atoms. The number of fused-ring (bicyclic) bond motifs is 1. The number of hydroxylamine groups is 1. The number of hydrogen-bond acceptors (Lipinski definition) is 6. The van der Waals surface area contributed by atoms with Gasteiger partial charge in [-0.1, -0.05) is 24.3 Å². The Kier molecular flexibility index (Phi) is 3.58. The number of rotatable bonds is 2. The van der Waals surface area contributed by atoms with Crippen molar-refractivity contribution in [2.24, 2.45) is 0 Å². The van der Waals surface area contributed by atoms with E-state index in [0.717, 1.165) is 43.6 Å². The van der Waals surface area contributed by atoms with Crippen molar-refractivity contribution in [3.63, 3.8) is 0 Å². The van der Waals surface area contributed by atoms with Crippen LogP contribution < -0.4 is 5.06 Å². The first-order valence-electron chi connectivity index (χ1n) is 7.29. The Morgan fingerprint density at radius 2 is 1.95 bits per heavy atom. The zero-order valence-electron chi connectivity index (χ0n) is 11.7. The van der Waals surface area contributed by atoms with Crippen molar-refractivity contribution in [2.75, 3.05) is 18.3 Å². The van der Waals surface area contributed by atoms with Gasteiger partial charge in [-0.3, -0.25) is 4.84 Å². The van der Waals surface area contributed by atoms with Crippen LogP contribution in [0.25, 0.3) is 0 Å². The van der Waals surface area contributed by atoms with Crippen molar-refractivity contribution >= 4 is 16.7 Å². The van der Waals surface area contributed by atoms with Gasteiger partial charge < -0.3 is 4.74 Å². The third-order valence-electron chi connectivity index (χ3n) is 4.04. The second-order valence-electron chi connectivity index (χ2n) is 5.40. The highest BCUT2D eigenvalue weighted by Gasteiger charge is 2.24. The lowest BCUT2D eigenvalue weighted by molar-refractivity contribution is 0.0770. The molecule has 1 fully saturated rings. The molecular weight excluding hydrogens is 286 g/mol. The average molecular weight is 303 g/mol. The van der Waals surface area contributed by atoms with Gasteiger partial charge in [-0.15, -0.1) is 0 Å². The SMILES string of the molecule is c1ccc2c(c1)CON(c1nc(C3CCOCC3)ns1)C2. The van der Waals surface area contributed by atoms with E-state index in [2.05, 4.69) is 27.6 Å². The highest BCUT2D eigenvalue weighted by atomic mass is 32.1. The van der Waals surface area contributed by atoms with Gasteiger partial charge in [0.05, 0.1) is 6.54 Å². The van der Waals surface area contributed by atoms with E-state index in [0.29, 0.717) is 12.5 Å². The standard InChI is InChI=1S/C15H17N3O2S/c1-2-4-13-10-20-18(9-12(13)3-1)15-16-14(17-21-15)11-5-7-19-8-6-11/h1-4,11H,5-10H2. The predicted molar refractivity (Wildman–Crippen MR) is 80.1 cm³/mol. The van der Waals surface area contributed by atoms with Crippen molar-refractivity contribution in [1.82, 2.24) is 9.36 Å². The molecule has 6 heteroatoms. The number of nitrogens with zero attached hydrogens (tertiary/aromatic N) is 3. The Balaban J connectivity index is 1.51. The smallest absolute Gasteiger partial charge is 0.229 e. The summed E-state index contributed by atoms with van der Waals surface area (Å²) >= 11 is 1.42. The predicted octanol–water partition coefficient (Wildman–Crippen LogP) is 2.88. The molecule has 0 bridgehead atoms. The summed E-state index contributed by atoms with van der Waals surface area (Å²) < 4.78 is 9.92. The minimum atomic E-state index is 0.431. The summed E-state index contributed by atoms with van der Waals surface area (Å²) in [7, 11) is 0. The van der Waals surface area contributed by atoms with Gasteiger partial charge in [0.15, 0.2) is 0 Å². The minimum absolute atomic E-state index is 0.431. The monoisotopic (exact) mass is 303 g/mol. The molecule has 1 aromatic carbocycles. The van der Waals surface area contributed by atoms with Crippen LogP contribution in [0.2, 0.25) is 0 Å². The van der Waals surface area contributed by atoms with E-state index < -0.39 is 0 Å². The van der Waals surface area contributed by atoms with Crippen LogP contribution in [-0.4, -0.2) is 22.6 Å². The molecule has 5 nitrogen and oxygen atoms in total. The van der Waals surface area contributed by atoms with Crippen LogP contribution in [-0.2, 0) is 22.7 Å². The molecule has 21 heavy (non-hydrogen) atoms. The zero-order chi connectivity index (χ0) is 14.1. The van der Waals surface area contributed by atoms with Crippen LogP contribution in [0.1, 0.15) is 35.7 Å². The Bertz CT molecular complexity index is 625. The van der Waals surface area contributed by atoms with Crippen LogP contribution in [0.15, 0.2) is 24.3 Å². The van der Waals surface area contributed by atoms with E-state index in [1.807, 2.05) is 11.1 Å². The third kappa shape index (κ3) is 2.66. The lowest BCUT2D eigenvalue weighted by Gasteiger charge is -2.27. The Labute approximate surface area is 127 Å². The van der Waals surface area contributed by atoms with Crippen LogP contribution >= 0.6 is 11.5 Å². The van der Waals surface area contributed by atoms with Gasteiger partial charge in [-0.25, -0.2) is 10.0 Å². The lowest BCUT2D eigenvalue weighted by atomic mass is 10.00. The second-order valence-corrected chi connectivity index (χ2v) is 6.13. The summed E-state index contributed by atoms with van der Waals surface area (Å²) in [5.74, 6) is 1.38. The van der Waals surface area contributed by atoms with Crippen LogP contribution in [0.4, 0.5) is 5.13 Å². The van der Waals surface area contributed by atoms with Gasteiger partial charge in [0.25, 0.3) is 0 Å². The second kappa shape index (κ2) is 5.71. The molecule has 2 aliphatic rings. The van der Waals surface area contributed by atoms with E-state index in [1.54, 1.807) is 0 Å². The largest absolute Gasteiger partial charge is 0.381 e. The fraction of sp³-hybridized carbons (Fsp3) is 0.467. The fourth-order valence-corrected chi connectivity index (χ4v) is 3.48. The number of ether oxygens (including phenoxy) is 1. The van der Waals surface area contributed by atoms with E-state index in [9.17, 15) is 0 Å². The molecule has 1 saturated heterocycles. The molecule has 0 radical (unpaired) electrons. The highest BCUT2D eigenvalue weighted by Crippen LogP contribution is 2.31. The Morgan fingerprint density at radius 1 is 1.14 bits per heavy atom. The topological polar surface area (TPSA) is 47.5 Å². The number of benzene rings is 1. The van der Waals surface area contributed by atoms with Crippen LogP contribution in [0.5, 0.6) is 0 Å². The molecule has 2 aromatic rings. The van der Waals surface area contributed by atoms with Gasteiger partial charge in [-0.2, -0.15) is 4.37 Å². The van der Waals surface area contributed by atoms with Crippen LogP contribution in [0.3, 0.4) is 0 Å². The molecule has 0 saturated carbocycles. The average Bonchev–Trinajstić information content (AvgIpc) is 3.05. The van der Waals surface area contributed by atoms with Crippen molar-refractivity contribution in [3.05, 3.63) is 41.2 Å². The summed E-state index contributed by atoms with van der Waals surface area (Å²) in [5.41, 5.74) is 2.55. The molecule has 0 N–H and O–H groups in total. The summed E-state index contributed by atoms with van der Waals surface area (Å²) in [6.45, 7) is 2.96. The molecule has 2 aliphatic heterocycles. The van der Waals surface area contributed by atoms with Gasteiger partial charge in [0, 0.05) is 30.7 Å². The Morgan fingerprint density at radius 3 is 2.81 bits per heavy atom. The molecule has 1 aromatic heterocycles. The normalized spacial score (nSPS) is 19.5. The molecule has 0 atom stereocenters. The maximum atomic E-state index is 5.81. The van der Waals surface area contributed by atoms with E-state index in [1.165, 1.54) is 22.7 Å². The maximum absolute atomic E-state index is 5.81. The lowest BCUT2D eigenvalue weighted by Crippen LogP contribution is -2.28. The third-order valence-corrected chi connectivity index (χ3v) is 4.78. The molecule has 0 aliphatic carbocycles. The van der Waals surface area contributed by atoms with Gasteiger partial charge in [0.2, 0.25) is 5.13 Å². The first-order chi connectivity index (χ1) is 10.4. The quantitative estimate of drug-likeness (QED) is 0.853. The van der Waals surface area contributed by atoms with E-state index in [-0.39, 0.29) is 0 Å². The fourth-order valence-electron chi connectivity index (χ4n) is 2.77. The van der Waals surface area contributed by atoms with Gasteiger partial charge in [-0.05, 0) is 24.0 Å². The minimum Gasteiger partial charge on any atom is -0.381 e. The van der Waals surface area contributed by atoms with Crippen molar-refractivity contribution in [2.45, 2.75) is 31.9 Å². The number of anilines is 1. The summed E-state index contributed by atoms with van der Waals surface area (Å²) in [4.78, 5) is 10.5. The van der Waals surface area contributed by atoms with Crippen molar-refractivity contribution in [1.29, 1.82) is 0 Å². The van der Waals surface area contributed by atoms with Gasteiger partial charge in [0.1, 0.15) is 12.4 Å². The molecule has 4 rings (SSSR count). The number of aromatic nitrogens is 2. The number of hydrogen-bond donors (Lipinski definition) is 0. The molecular formula is C15H17N3O2S. The summed E-state index contributed by atoms with van der Waals surface area (Å²) in [6, 6.07) is 8.37. The summed E-state index contributed by atoms with van der Waals surface area (Å²) in [6.07, 6.45) is 2.03. The van der Waals surface area contributed by atoms with Crippen molar-refractivity contribution in [3.8, 4) is 0 Å². The zero-order valence-corrected chi connectivity index (χ0v) is 12.5. The van der Waals surface area contributed by atoms with E-state index >= 15 is 0 Å². The molecule has 110 valence electrons. The molecule has 0 amide bonds. The van der Waals surface area contributed by atoms with E-state index in [4.69, 9.17) is 9.57 Å². The van der Waals surface area contributed by atoms with Crippen molar-refractivity contribution < 1.29 is 9.57 Å². The highest BCUT2D eigenvalue weighted by molar-refractivity contribution is 7.09.